The summed E-state index contributed by atoms with van der Waals surface area (Å²) in [6, 6.07) is 7.20. The third-order valence-corrected chi connectivity index (χ3v) is 2.46. The van der Waals surface area contributed by atoms with Crippen LogP contribution in [-0.2, 0) is 0 Å². The maximum absolute atomic E-state index is 11.5. The van der Waals surface area contributed by atoms with Gasteiger partial charge in [0.2, 0.25) is 0 Å². The van der Waals surface area contributed by atoms with Gasteiger partial charge in [-0.3, -0.25) is 4.79 Å². The largest absolute Gasteiger partial charge is 0.494 e. The van der Waals surface area contributed by atoms with Gasteiger partial charge in [0, 0.05) is 7.05 Å². The number of ether oxygens (including phenoxy) is 1. The summed E-state index contributed by atoms with van der Waals surface area (Å²) in [5.41, 5.74) is 6.57. The highest BCUT2D eigenvalue weighted by atomic mass is 16.5. The third kappa shape index (κ3) is 1.86. The summed E-state index contributed by atoms with van der Waals surface area (Å²) in [7, 11) is 3.05. The zero-order valence-corrected chi connectivity index (χ0v) is 10.0. The van der Waals surface area contributed by atoms with Crippen LogP contribution in [0.3, 0.4) is 0 Å². The normalized spacial score (nSPS) is 10.1. The molecule has 2 aromatic rings. The predicted octanol–water partition coefficient (Wildman–Crippen LogP) is 0.218. The molecule has 0 bridgehead atoms. The van der Waals surface area contributed by atoms with Crippen molar-refractivity contribution in [3.8, 4) is 11.4 Å². The standard InChI is InChI=1S/C11H13N5O2/c1-13-11(17)9-10(12)16(15-14-9)7-5-3-4-6-8(7)18-2/h3-6H,12H2,1-2H3,(H,13,17). The van der Waals surface area contributed by atoms with Gasteiger partial charge in [-0.1, -0.05) is 17.3 Å². The smallest absolute Gasteiger partial charge is 0.275 e. The zero-order chi connectivity index (χ0) is 13.1. The van der Waals surface area contributed by atoms with Gasteiger partial charge in [0.1, 0.15) is 11.4 Å². The Kier molecular flexibility index (Phi) is 3.13. The van der Waals surface area contributed by atoms with Gasteiger partial charge in [-0.05, 0) is 12.1 Å². The molecular weight excluding hydrogens is 234 g/mol. The molecule has 94 valence electrons. The number of aromatic nitrogens is 3. The molecule has 0 aliphatic carbocycles. The Morgan fingerprint density at radius 2 is 2.17 bits per heavy atom. The number of benzene rings is 1. The molecule has 18 heavy (non-hydrogen) atoms. The van der Waals surface area contributed by atoms with E-state index in [1.165, 1.54) is 11.7 Å². The lowest BCUT2D eigenvalue weighted by atomic mass is 10.3. The van der Waals surface area contributed by atoms with Crippen LogP contribution in [0.4, 0.5) is 5.82 Å². The van der Waals surface area contributed by atoms with Crippen molar-refractivity contribution >= 4 is 11.7 Å². The lowest BCUT2D eigenvalue weighted by molar-refractivity contribution is 0.0959. The molecule has 0 radical (unpaired) electrons. The number of methoxy groups -OCH3 is 1. The first-order chi connectivity index (χ1) is 8.69. The lowest BCUT2D eigenvalue weighted by Crippen LogP contribution is -2.20. The van der Waals surface area contributed by atoms with Crippen molar-refractivity contribution in [2.45, 2.75) is 0 Å². The molecule has 1 aromatic heterocycles. The van der Waals surface area contributed by atoms with E-state index in [0.717, 1.165) is 0 Å². The summed E-state index contributed by atoms with van der Waals surface area (Å²) in [5, 5.41) is 10.1. The first kappa shape index (κ1) is 11.9. The molecule has 1 amide bonds. The van der Waals surface area contributed by atoms with Crippen LogP contribution in [-0.4, -0.2) is 35.1 Å². The van der Waals surface area contributed by atoms with Crippen LogP contribution in [0.1, 0.15) is 10.5 Å². The van der Waals surface area contributed by atoms with E-state index < -0.39 is 0 Å². The molecule has 0 aliphatic rings. The van der Waals surface area contributed by atoms with Crippen molar-refractivity contribution in [3.05, 3.63) is 30.0 Å². The van der Waals surface area contributed by atoms with Crippen LogP contribution in [0.25, 0.3) is 5.69 Å². The van der Waals surface area contributed by atoms with Gasteiger partial charge in [0.05, 0.1) is 7.11 Å². The summed E-state index contributed by atoms with van der Waals surface area (Å²) in [4.78, 5) is 11.5. The van der Waals surface area contributed by atoms with E-state index >= 15 is 0 Å². The number of nitrogens with two attached hydrogens (primary N) is 1. The minimum absolute atomic E-state index is 0.0865. The number of carbonyl (C=O) groups excluding carboxylic acids is 1. The number of hydrogen-bond donors (Lipinski definition) is 2. The fraction of sp³-hybridized carbons (Fsp3) is 0.182. The summed E-state index contributed by atoms with van der Waals surface area (Å²) in [6.07, 6.45) is 0. The Morgan fingerprint density at radius 3 is 2.83 bits per heavy atom. The van der Waals surface area contributed by atoms with E-state index in [2.05, 4.69) is 15.6 Å². The molecule has 0 fully saturated rings. The van der Waals surface area contributed by atoms with Crippen molar-refractivity contribution in [3.63, 3.8) is 0 Å². The van der Waals surface area contributed by atoms with E-state index in [0.29, 0.717) is 11.4 Å². The van der Waals surface area contributed by atoms with Gasteiger partial charge < -0.3 is 15.8 Å². The molecule has 0 saturated carbocycles. The number of para-hydroxylation sites is 2. The summed E-state index contributed by atoms with van der Waals surface area (Å²) in [6.45, 7) is 0. The van der Waals surface area contributed by atoms with E-state index in [1.807, 2.05) is 12.1 Å². The molecule has 0 aliphatic heterocycles. The van der Waals surface area contributed by atoms with Gasteiger partial charge in [0.25, 0.3) is 5.91 Å². The minimum Gasteiger partial charge on any atom is -0.494 e. The monoisotopic (exact) mass is 247 g/mol. The second-order valence-corrected chi connectivity index (χ2v) is 3.49. The molecular formula is C11H13N5O2. The molecule has 0 saturated heterocycles. The molecule has 0 atom stereocenters. The van der Waals surface area contributed by atoms with Crippen molar-refractivity contribution in [1.29, 1.82) is 0 Å². The summed E-state index contributed by atoms with van der Waals surface area (Å²) < 4.78 is 6.57. The average molecular weight is 247 g/mol. The van der Waals surface area contributed by atoms with Crippen molar-refractivity contribution in [2.24, 2.45) is 0 Å². The van der Waals surface area contributed by atoms with Gasteiger partial charge in [-0.15, -0.1) is 5.10 Å². The van der Waals surface area contributed by atoms with Crippen LogP contribution in [0.2, 0.25) is 0 Å². The fourth-order valence-corrected chi connectivity index (χ4v) is 1.55. The van der Waals surface area contributed by atoms with Crippen LogP contribution < -0.4 is 15.8 Å². The molecule has 2 rings (SSSR count). The van der Waals surface area contributed by atoms with Crippen molar-refractivity contribution < 1.29 is 9.53 Å². The molecule has 0 spiro atoms. The SMILES string of the molecule is CNC(=O)c1nnn(-c2ccccc2OC)c1N. The van der Waals surface area contributed by atoms with E-state index in [4.69, 9.17) is 10.5 Å². The highest BCUT2D eigenvalue weighted by molar-refractivity contribution is 5.96. The highest BCUT2D eigenvalue weighted by Gasteiger charge is 2.18. The van der Waals surface area contributed by atoms with E-state index in [-0.39, 0.29) is 17.4 Å². The molecule has 0 unspecified atom stereocenters. The maximum atomic E-state index is 11.5. The topological polar surface area (TPSA) is 95.1 Å². The fourth-order valence-electron chi connectivity index (χ4n) is 1.55. The zero-order valence-electron chi connectivity index (χ0n) is 10.0. The first-order valence-electron chi connectivity index (χ1n) is 5.25. The predicted molar refractivity (Wildman–Crippen MR) is 65.7 cm³/mol. The molecule has 7 nitrogen and oxygen atoms in total. The number of nitrogens with one attached hydrogen (secondary N) is 1. The van der Waals surface area contributed by atoms with Gasteiger partial charge in [-0.25, -0.2) is 0 Å². The van der Waals surface area contributed by atoms with Gasteiger partial charge >= 0.3 is 0 Å². The molecule has 3 N–H and O–H groups in total. The number of carbonyl (C=O) groups is 1. The number of nitrogens with zero attached hydrogens (tertiary/aromatic N) is 3. The number of hydrogen-bond acceptors (Lipinski definition) is 5. The van der Waals surface area contributed by atoms with Crippen molar-refractivity contribution in [1.82, 2.24) is 20.3 Å². The Morgan fingerprint density at radius 1 is 1.44 bits per heavy atom. The van der Waals surface area contributed by atoms with E-state index in [9.17, 15) is 4.79 Å². The Labute approximate surface area is 104 Å². The van der Waals surface area contributed by atoms with Crippen molar-refractivity contribution in [2.75, 3.05) is 19.9 Å². The third-order valence-electron chi connectivity index (χ3n) is 2.46. The quantitative estimate of drug-likeness (QED) is 0.808. The first-order valence-corrected chi connectivity index (χ1v) is 5.25. The van der Waals surface area contributed by atoms with Crippen LogP contribution in [0.5, 0.6) is 5.75 Å². The van der Waals surface area contributed by atoms with Gasteiger partial charge in [-0.2, -0.15) is 4.68 Å². The number of anilines is 1. The number of nitrogen functional groups attached to an aromatic ring is 1. The average Bonchev–Trinajstić information content (AvgIpc) is 2.79. The highest BCUT2D eigenvalue weighted by Crippen LogP contribution is 2.24. The number of amides is 1. The molecule has 1 aromatic carbocycles. The van der Waals surface area contributed by atoms with Crippen LogP contribution in [0.15, 0.2) is 24.3 Å². The van der Waals surface area contributed by atoms with Crippen LogP contribution >= 0.6 is 0 Å². The maximum Gasteiger partial charge on any atom is 0.275 e. The lowest BCUT2D eigenvalue weighted by Gasteiger charge is -2.08. The Bertz CT molecular complexity index is 579. The van der Waals surface area contributed by atoms with E-state index in [1.54, 1.807) is 19.2 Å². The number of rotatable bonds is 3. The second kappa shape index (κ2) is 4.74. The van der Waals surface area contributed by atoms with Crippen LogP contribution in [0, 0.1) is 0 Å². The molecule has 7 heteroatoms. The minimum atomic E-state index is -0.381. The molecule has 1 heterocycles. The second-order valence-electron chi connectivity index (χ2n) is 3.49. The summed E-state index contributed by atoms with van der Waals surface area (Å²) >= 11 is 0. The summed E-state index contributed by atoms with van der Waals surface area (Å²) in [5.74, 6) is 0.380. The van der Waals surface area contributed by atoms with Gasteiger partial charge in [0.15, 0.2) is 11.5 Å². The Balaban J connectivity index is 2.52. The Hall–Kier alpha value is -2.57.